The molecule has 1 fully saturated rings. The molecule has 1 aliphatic heterocycles. The summed E-state index contributed by atoms with van der Waals surface area (Å²) in [6.45, 7) is 7.97. The number of hydrogen-bond donors (Lipinski definition) is 2. The molecule has 0 radical (unpaired) electrons. The maximum atomic E-state index is 3.49. The molecule has 1 heterocycles. The molecule has 0 spiro atoms. The van der Waals surface area contributed by atoms with Gasteiger partial charge in [-0.25, -0.2) is 0 Å². The first-order valence-electron chi connectivity index (χ1n) is 6.70. The summed E-state index contributed by atoms with van der Waals surface area (Å²) in [4.78, 5) is 2.57. The van der Waals surface area contributed by atoms with Crippen LogP contribution in [0.25, 0.3) is 0 Å². The summed E-state index contributed by atoms with van der Waals surface area (Å²) in [6.07, 6.45) is 1.19. The highest BCUT2D eigenvalue weighted by molar-refractivity contribution is 9.10. The van der Waals surface area contributed by atoms with Crippen molar-refractivity contribution < 1.29 is 0 Å². The van der Waals surface area contributed by atoms with E-state index in [1.165, 1.54) is 25.2 Å². The van der Waals surface area contributed by atoms with Crippen LogP contribution in [-0.4, -0.2) is 43.7 Å². The van der Waals surface area contributed by atoms with Crippen LogP contribution in [0, 0.1) is 0 Å². The molecule has 3 nitrogen and oxygen atoms in total. The van der Waals surface area contributed by atoms with Crippen LogP contribution in [-0.2, 0) is 0 Å². The molecule has 1 aromatic carbocycles. The lowest BCUT2D eigenvalue weighted by atomic mass is 10.1. The van der Waals surface area contributed by atoms with Gasteiger partial charge >= 0.3 is 0 Å². The third-order valence-electron chi connectivity index (χ3n) is 3.49. The van der Waals surface area contributed by atoms with E-state index in [-0.39, 0.29) is 0 Å². The van der Waals surface area contributed by atoms with Crippen molar-refractivity contribution in [3.05, 3.63) is 28.7 Å². The van der Waals surface area contributed by atoms with Crippen LogP contribution in [0.5, 0.6) is 0 Å². The summed E-state index contributed by atoms with van der Waals surface area (Å²) < 4.78 is 1.13. The maximum Gasteiger partial charge on any atom is 0.0351 e. The monoisotopic (exact) mass is 311 g/mol. The molecular formula is C14H22BrN3. The first-order valence-corrected chi connectivity index (χ1v) is 7.49. The molecule has 1 atom stereocenters. The van der Waals surface area contributed by atoms with Gasteiger partial charge in [0.2, 0.25) is 0 Å². The van der Waals surface area contributed by atoms with Crippen LogP contribution in [0.1, 0.15) is 13.3 Å². The molecule has 0 bridgehead atoms. The number of hydrogen-bond acceptors (Lipinski definition) is 3. The van der Waals surface area contributed by atoms with Crippen molar-refractivity contribution in [1.29, 1.82) is 0 Å². The van der Waals surface area contributed by atoms with Gasteiger partial charge in [0, 0.05) is 48.9 Å². The van der Waals surface area contributed by atoms with Gasteiger partial charge in [-0.15, -0.1) is 0 Å². The lowest BCUT2D eigenvalue weighted by Crippen LogP contribution is -2.47. The average molecular weight is 312 g/mol. The molecule has 0 saturated carbocycles. The molecule has 0 aliphatic carbocycles. The molecule has 2 rings (SSSR count). The Hall–Kier alpha value is -0.580. The number of piperazine rings is 1. The van der Waals surface area contributed by atoms with Crippen LogP contribution < -0.4 is 10.6 Å². The van der Waals surface area contributed by atoms with Crippen molar-refractivity contribution in [1.82, 2.24) is 10.2 Å². The van der Waals surface area contributed by atoms with Crippen LogP contribution >= 0.6 is 15.9 Å². The largest absolute Gasteiger partial charge is 0.385 e. The first kappa shape index (κ1) is 13.8. The Kier molecular flexibility index (Phi) is 5.47. The first-order chi connectivity index (χ1) is 8.75. The Morgan fingerprint density at radius 1 is 1.39 bits per heavy atom. The zero-order valence-corrected chi connectivity index (χ0v) is 12.5. The smallest absolute Gasteiger partial charge is 0.0351 e. The van der Waals surface area contributed by atoms with Gasteiger partial charge in [0.05, 0.1) is 0 Å². The van der Waals surface area contributed by atoms with E-state index in [0.717, 1.165) is 24.1 Å². The molecule has 1 unspecified atom stereocenters. The number of benzene rings is 1. The fourth-order valence-electron chi connectivity index (χ4n) is 2.33. The highest BCUT2D eigenvalue weighted by Crippen LogP contribution is 2.15. The number of nitrogens with one attached hydrogen (secondary N) is 2. The van der Waals surface area contributed by atoms with Crippen LogP contribution in [0.4, 0.5) is 5.69 Å². The molecule has 1 saturated heterocycles. The van der Waals surface area contributed by atoms with Crippen molar-refractivity contribution in [2.24, 2.45) is 0 Å². The van der Waals surface area contributed by atoms with E-state index in [2.05, 4.69) is 62.7 Å². The van der Waals surface area contributed by atoms with E-state index in [1.807, 2.05) is 0 Å². The molecule has 0 aromatic heterocycles. The van der Waals surface area contributed by atoms with E-state index in [9.17, 15) is 0 Å². The predicted molar refractivity (Wildman–Crippen MR) is 81.2 cm³/mol. The van der Waals surface area contributed by atoms with Gasteiger partial charge in [-0.3, -0.25) is 4.90 Å². The van der Waals surface area contributed by atoms with Crippen LogP contribution in [0.3, 0.4) is 0 Å². The second-order valence-electron chi connectivity index (χ2n) is 4.86. The number of rotatable bonds is 5. The van der Waals surface area contributed by atoms with E-state index in [0.29, 0.717) is 6.04 Å². The molecule has 18 heavy (non-hydrogen) atoms. The van der Waals surface area contributed by atoms with E-state index in [1.54, 1.807) is 0 Å². The Morgan fingerprint density at radius 2 is 2.17 bits per heavy atom. The van der Waals surface area contributed by atoms with Crippen molar-refractivity contribution in [2.75, 3.05) is 38.0 Å². The topological polar surface area (TPSA) is 27.3 Å². The highest BCUT2D eigenvalue weighted by Gasteiger charge is 2.15. The second-order valence-corrected chi connectivity index (χ2v) is 5.78. The van der Waals surface area contributed by atoms with Gasteiger partial charge in [0.1, 0.15) is 0 Å². The Morgan fingerprint density at radius 3 is 2.89 bits per heavy atom. The summed E-state index contributed by atoms with van der Waals surface area (Å²) in [5.41, 5.74) is 1.19. The third kappa shape index (κ3) is 4.26. The van der Waals surface area contributed by atoms with Gasteiger partial charge < -0.3 is 10.6 Å². The number of halogens is 1. The summed E-state index contributed by atoms with van der Waals surface area (Å²) in [7, 11) is 0. The summed E-state index contributed by atoms with van der Waals surface area (Å²) in [5.74, 6) is 0. The summed E-state index contributed by atoms with van der Waals surface area (Å²) in [6, 6.07) is 9.00. The molecule has 1 aromatic rings. The van der Waals surface area contributed by atoms with Crippen LogP contribution in [0.2, 0.25) is 0 Å². The molecule has 1 aliphatic rings. The SMILES string of the molecule is CC(CCNc1cccc(Br)c1)N1CCNCC1. The highest BCUT2D eigenvalue weighted by atomic mass is 79.9. The third-order valence-corrected chi connectivity index (χ3v) is 3.98. The van der Waals surface area contributed by atoms with E-state index < -0.39 is 0 Å². The summed E-state index contributed by atoms with van der Waals surface area (Å²) in [5, 5.41) is 6.88. The van der Waals surface area contributed by atoms with Crippen molar-refractivity contribution >= 4 is 21.6 Å². The summed E-state index contributed by atoms with van der Waals surface area (Å²) >= 11 is 3.49. The van der Waals surface area contributed by atoms with E-state index >= 15 is 0 Å². The number of anilines is 1. The second kappa shape index (κ2) is 7.12. The fraction of sp³-hybridized carbons (Fsp3) is 0.571. The molecule has 0 amide bonds. The van der Waals surface area contributed by atoms with Gasteiger partial charge in [-0.05, 0) is 31.5 Å². The van der Waals surface area contributed by atoms with E-state index in [4.69, 9.17) is 0 Å². The average Bonchev–Trinajstić information content (AvgIpc) is 2.40. The number of nitrogens with zero attached hydrogens (tertiary/aromatic N) is 1. The van der Waals surface area contributed by atoms with Gasteiger partial charge in [-0.2, -0.15) is 0 Å². The molecule has 4 heteroatoms. The Labute approximate surface area is 118 Å². The zero-order chi connectivity index (χ0) is 12.8. The van der Waals surface area contributed by atoms with Gasteiger partial charge in [-0.1, -0.05) is 22.0 Å². The minimum atomic E-state index is 0.659. The standard InChI is InChI=1S/C14H22BrN3/c1-12(18-9-7-16-8-10-18)5-6-17-14-4-2-3-13(15)11-14/h2-4,11-12,16-17H,5-10H2,1H3. The lowest BCUT2D eigenvalue weighted by molar-refractivity contribution is 0.179. The fourth-order valence-corrected chi connectivity index (χ4v) is 2.73. The van der Waals surface area contributed by atoms with Crippen molar-refractivity contribution in [2.45, 2.75) is 19.4 Å². The Balaban J connectivity index is 1.71. The van der Waals surface area contributed by atoms with Gasteiger partial charge in [0.15, 0.2) is 0 Å². The maximum absolute atomic E-state index is 3.49. The molecular weight excluding hydrogens is 290 g/mol. The minimum absolute atomic E-state index is 0.659. The Bertz CT molecular complexity index is 364. The van der Waals surface area contributed by atoms with Crippen molar-refractivity contribution in [3.8, 4) is 0 Å². The van der Waals surface area contributed by atoms with Crippen LogP contribution in [0.15, 0.2) is 28.7 Å². The minimum Gasteiger partial charge on any atom is -0.385 e. The zero-order valence-electron chi connectivity index (χ0n) is 11.0. The quantitative estimate of drug-likeness (QED) is 0.875. The molecule has 2 N–H and O–H groups in total. The predicted octanol–water partition coefficient (Wildman–Crippen LogP) is 2.54. The lowest BCUT2D eigenvalue weighted by Gasteiger charge is -2.32. The van der Waals surface area contributed by atoms with Gasteiger partial charge in [0.25, 0.3) is 0 Å². The normalized spacial score (nSPS) is 18.6. The molecule has 100 valence electrons. The van der Waals surface area contributed by atoms with Crippen molar-refractivity contribution in [3.63, 3.8) is 0 Å².